The molecule has 0 spiro atoms. The molecule has 1 saturated carbocycles. The summed E-state index contributed by atoms with van der Waals surface area (Å²) in [5.41, 5.74) is 8.38. The number of carbonyl (C=O) groups excluding carboxylic acids is 1. The Labute approximate surface area is 102 Å². The number of nitrogens with two attached hydrogens (primary N) is 1. The van der Waals surface area contributed by atoms with Crippen molar-refractivity contribution < 1.29 is 4.79 Å². The molecule has 0 saturated heterocycles. The number of hydrogen-bond donors (Lipinski definition) is 2. The van der Waals surface area contributed by atoms with Crippen LogP contribution in [0.5, 0.6) is 0 Å². The molecule has 0 bridgehead atoms. The van der Waals surface area contributed by atoms with Gasteiger partial charge in [0.15, 0.2) is 0 Å². The second kappa shape index (κ2) is 4.92. The predicted octanol–water partition coefficient (Wildman–Crippen LogP) is 1.71. The van der Waals surface area contributed by atoms with Gasteiger partial charge in [-0.1, -0.05) is 6.92 Å². The van der Waals surface area contributed by atoms with E-state index in [-0.39, 0.29) is 11.3 Å². The van der Waals surface area contributed by atoms with E-state index >= 15 is 0 Å². The van der Waals surface area contributed by atoms with Crippen molar-refractivity contribution in [3.8, 4) is 0 Å². The molecule has 1 heterocycles. The van der Waals surface area contributed by atoms with Crippen LogP contribution in [0.25, 0.3) is 0 Å². The molecule has 94 valence electrons. The fraction of sp³-hybridized carbons (Fsp3) is 0.615. The van der Waals surface area contributed by atoms with Crippen molar-refractivity contribution >= 4 is 5.91 Å². The number of carbonyl (C=O) groups is 1. The highest BCUT2D eigenvalue weighted by Gasteiger charge is 2.39. The largest absolute Gasteiger partial charge is 0.329 e. The van der Waals surface area contributed by atoms with Gasteiger partial charge in [-0.2, -0.15) is 0 Å². The fourth-order valence-electron chi connectivity index (χ4n) is 2.48. The van der Waals surface area contributed by atoms with Crippen LogP contribution < -0.4 is 11.2 Å². The molecule has 1 aliphatic carbocycles. The van der Waals surface area contributed by atoms with Crippen molar-refractivity contribution in [3.05, 3.63) is 24.5 Å². The molecule has 1 aromatic heterocycles. The summed E-state index contributed by atoms with van der Waals surface area (Å²) in [7, 11) is 0. The molecule has 1 fully saturated rings. The van der Waals surface area contributed by atoms with E-state index in [2.05, 4.69) is 12.3 Å². The quantitative estimate of drug-likeness (QED) is 0.838. The Morgan fingerprint density at radius 3 is 2.53 bits per heavy atom. The molecule has 1 aromatic rings. The van der Waals surface area contributed by atoms with Crippen LogP contribution in [-0.4, -0.2) is 17.1 Å². The first-order valence-corrected chi connectivity index (χ1v) is 6.31. The molecule has 4 heteroatoms. The molecule has 0 unspecified atom stereocenters. The van der Waals surface area contributed by atoms with Gasteiger partial charge in [0.25, 0.3) is 0 Å². The summed E-state index contributed by atoms with van der Waals surface area (Å²) in [6, 6.07) is 3.77. The minimum atomic E-state index is -0.364. The highest BCUT2D eigenvalue weighted by Crippen LogP contribution is 2.38. The van der Waals surface area contributed by atoms with Crippen molar-refractivity contribution in [2.75, 3.05) is 12.0 Å². The first-order chi connectivity index (χ1) is 8.16. The molecule has 0 aromatic carbocycles. The van der Waals surface area contributed by atoms with E-state index in [0.717, 1.165) is 25.7 Å². The minimum absolute atomic E-state index is 0.0584. The van der Waals surface area contributed by atoms with E-state index in [4.69, 9.17) is 5.73 Å². The van der Waals surface area contributed by atoms with Crippen molar-refractivity contribution in [2.45, 2.75) is 32.6 Å². The van der Waals surface area contributed by atoms with E-state index in [1.165, 1.54) is 0 Å². The second-order valence-corrected chi connectivity index (χ2v) is 5.20. The number of nitrogens with one attached hydrogen (secondary N) is 1. The molecular formula is C13H21N3O. The molecule has 0 radical (unpaired) electrons. The summed E-state index contributed by atoms with van der Waals surface area (Å²) in [6.07, 6.45) is 7.64. The first-order valence-electron chi connectivity index (χ1n) is 6.31. The maximum atomic E-state index is 12.3. The number of amides is 1. The molecular weight excluding hydrogens is 214 g/mol. The zero-order valence-corrected chi connectivity index (χ0v) is 10.4. The predicted molar refractivity (Wildman–Crippen MR) is 67.9 cm³/mol. The van der Waals surface area contributed by atoms with Gasteiger partial charge in [0.2, 0.25) is 5.91 Å². The Balaban J connectivity index is 2.05. The Morgan fingerprint density at radius 1 is 1.41 bits per heavy atom. The SMILES string of the molecule is CC1CCC(CN)(C(=O)Nn2cccc2)CC1. The zero-order chi connectivity index (χ0) is 12.3. The molecule has 0 atom stereocenters. The summed E-state index contributed by atoms with van der Waals surface area (Å²) in [5, 5.41) is 0. The summed E-state index contributed by atoms with van der Waals surface area (Å²) in [6.45, 7) is 2.68. The third kappa shape index (κ3) is 2.52. The van der Waals surface area contributed by atoms with E-state index in [1.807, 2.05) is 24.5 Å². The highest BCUT2D eigenvalue weighted by atomic mass is 16.2. The van der Waals surface area contributed by atoms with Gasteiger partial charge in [0, 0.05) is 18.9 Å². The average molecular weight is 235 g/mol. The van der Waals surface area contributed by atoms with Gasteiger partial charge in [-0.25, -0.2) is 0 Å². The first kappa shape index (κ1) is 12.2. The summed E-state index contributed by atoms with van der Waals surface area (Å²) < 4.78 is 1.69. The van der Waals surface area contributed by atoms with Gasteiger partial charge in [-0.05, 0) is 43.7 Å². The lowest BCUT2D eigenvalue weighted by Gasteiger charge is -2.37. The number of rotatable bonds is 3. The summed E-state index contributed by atoms with van der Waals surface area (Å²) >= 11 is 0. The molecule has 2 rings (SSSR count). The van der Waals surface area contributed by atoms with E-state index in [1.54, 1.807) is 4.68 Å². The van der Waals surface area contributed by atoms with Gasteiger partial charge in [-0.3, -0.25) is 14.9 Å². The minimum Gasteiger partial charge on any atom is -0.329 e. The third-order valence-electron chi connectivity index (χ3n) is 3.94. The Bertz CT molecular complexity index is 364. The van der Waals surface area contributed by atoms with Gasteiger partial charge < -0.3 is 5.73 Å². The summed E-state index contributed by atoms with van der Waals surface area (Å²) in [4.78, 5) is 12.3. The Hall–Kier alpha value is -1.29. The van der Waals surface area contributed by atoms with Crippen LogP contribution in [0.15, 0.2) is 24.5 Å². The topological polar surface area (TPSA) is 60.1 Å². The van der Waals surface area contributed by atoms with Crippen LogP contribution >= 0.6 is 0 Å². The van der Waals surface area contributed by atoms with E-state index in [0.29, 0.717) is 12.5 Å². The third-order valence-corrected chi connectivity index (χ3v) is 3.94. The maximum absolute atomic E-state index is 12.3. The van der Waals surface area contributed by atoms with Crippen LogP contribution in [-0.2, 0) is 4.79 Å². The Morgan fingerprint density at radius 2 is 2.00 bits per heavy atom. The lowest BCUT2D eigenvalue weighted by molar-refractivity contribution is -0.128. The lowest BCUT2D eigenvalue weighted by Crippen LogP contribution is -2.46. The van der Waals surface area contributed by atoms with Crippen LogP contribution in [0, 0.1) is 11.3 Å². The van der Waals surface area contributed by atoms with Crippen molar-refractivity contribution in [2.24, 2.45) is 17.1 Å². The van der Waals surface area contributed by atoms with Crippen molar-refractivity contribution in [1.29, 1.82) is 0 Å². The fourth-order valence-corrected chi connectivity index (χ4v) is 2.48. The summed E-state index contributed by atoms with van der Waals surface area (Å²) in [5.74, 6) is 0.775. The van der Waals surface area contributed by atoms with Crippen LogP contribution in [0.4, 0.5) is 0 Å². The highest BCUT2D eigenvalue weighted by molar-refractivity contribution is 5.89. The van der Waals surface area contributed by atoms with Gasteiger partial charge in [0.05, 0.1) is 5.41 Å². The molecule has 17 heavy (non-hydrogen) atoms. The van der Waals surface area contributed by atoms with Crippen molar-refractivity contribution in [1.82, 2.24) is 4.68 Å². The molecule has 4 nitrogen and oxygen atoms in total. The number of nitrogens with zero attached hydrogens (tertiary/aromatic N) is 1. The van der Waals surface area contributed by atoms with Crippen LogP contribution in [0.2, 0.25) is 0 Å². The average Bonchev–Trinajstić information content (AvgIpc) is 2.83. The second-order valence-electron chi connectivity index (χ2n) is 5.20. The van der Waals surface area contributed by atoms with Gasteiger partial charge >= 0.3 is 0 Å². The molecule has 1 aliphatic rings. The van der Waals surface area contributed by atoms with Crippen LogP contribution in [0.3, 0.4) is 0 Å². The van der Waals surface area contributed by atoms with Gasteiger partial charge in [0.1, 0.15) is 0 Å². The molecule has 1 amide bonds. The monoisotopic (exact) mass is 235 g/mol. The van der Waals surface area contributed by atoms with E-state index in [9.17, 15) is 4.79 Å². The van der Waals surface area contributed by atoms with E-state index < -0.39 is 0 Å². The zero-order valence-electron chi connectivity index (χ0n) is 10.4. The smallest absolute Gasteiger partial charge is 0.246 e. The van der Waals surface area contributed by atoms with Crippen molar-refractivity contribution in [3.63, 3.8) is 0 Å². The lowest BCUT2D eigenvalue weighted by atomic mass is 9.70. The Kier molecular flexibility index (Phi) is 3.52. The molecule has 0 aliphatic heterocycles. The van der Waals surface area contributed by atoms with Gasteiger partial charge in [-0.15, -0.1) is 0 Å². The maximum Gasteiger partial charge on any atom is 0.246 e. The number of hydrogen-bond acceptors (Lipinski definition) is 2. The standard InChI is InChI=1S/C13H21N3O/c1-11-4-6-13(10-14,7-5-11)12(17)15-16-8-2-3-9-16/h2-3,8-9,11H,4-7,10,14H2,1H3,(H,15,17). The molecule has 3 N–H and O–H groups in total. The normalized spacial score (nSPS) is 28.9. The van der Waals surface area contributed by atoms with Crippen LogP contribution in [0.1, 0.15) is 32.6 Å². The number of aromatic nitrogens is 1.